The van der Waals surface area contributed by atoms with Gasteiger partial charge in [0.05, 0.1) is 11.6 Å². The van der Waals surface area contributed by atoms with Crippen molar-refractivity contribution >= 4 is 21.6 Å². The smallest absolute Gasteiger partial charge is 0.242 e. The molecule has 2 rings (SSSR count). The second-order valence-electron chi connectivity index (χ2n) is 5.17. The molecule has 0 radical (unpaired) electrons. The van der Waals surface area contributed by atoms with Gasteiger partial charge < -0.3 is 5.11 Å². The highest BCUT2D eigenvalue weighted by Crippen LogP contribution is 2.33. The first kappa shape index (κ1) is 16.3. The second kappa shape index (κ2) is 6.80. The van der Waals surface area contributed by atoms with Gasteiger partial charge in [0.15, 0.2) is 0 Å². The normalized spacial score (nSPS) is 16.1. The zero-order valence-corrected chi connectivity index (χ0v) is 13.3. The molecule has 0 heterocycles. The Labute approximate surface area is 130 Å². The van der Waals surface area contributed by atoms with Crippen LogP contribution in [-0.2, 0) is 10.0 Å². The quantitative estimate of drug-likeness (QED) is 0.814. The number of aliphatic hydroxyl groups excluding tert-OH is 1. The van der Waals surface area contributed by atoms with Gasteiger partial charge in [-0.1, -0.05) is 23.4 Å². The van der Waals surface area contributed by atoms with Crippen LogP contribution >= 0.6 is 11.6 Å². The van der Waals surface area contributed by atoms with Crippen molar-refractivity contribution < 1.29 is 13.5 Å². The fraction of sp³-hybridized carbons (Fsp3) is 0.467. The molecule has 4 nitrogen and oxygen atoms in total. The Bertz CT molecular complexity index is 672. The van der Waals surface area contributed by atoms with Crippen molar-refractivity contribution in [3.63, 3.8) is 0 Å². The van der Waals surface area contributed by atoms with Crippen LogP contribution in [0, 0.1) is 17.8 Å². The SMILES string of the molecule is CC(NS(=O)(=O)c1ccc(C#CCCO)cc1Cl)C1CC1. The fourth-order valence-corrected chi connectivity index (χ4v) is 3.87. The largest absolute Gasteiger partial charge is 0.395 e. The predicted molar refractivity (Wildman–Crippen MR) is 82.5 cm³/mol. The van der Waals surface area contributed by atoms with E-state index in [2.05, 4.69) is 16.6 Å². The van der Waals surface area contributed by atoms with Crippen LogP contribution in [0.4, 0.5) is 0 Å². The van der Waals surface area contributed by atoms with Crippen molar-refractivity contribution in [1.82, 2.24) is 4.72 Å². The molecule has 1 aromatic rings. The van der Waals surface area contributed by atoms with Gasteiger partial charge in [0.2, 0.25) is 10.0 Å². The highest BCUT2D eigenvalue weighted by atomic mass is 35.5. The summed E-state index contributed by atoms with van der Waals surface area (Å²) < 4.78 is 27.3. The Balaban J connectivity index is 2.18. The number of benzene rings is 1. The van der Waals surface area contributed by atoms with Crippen LogP contribution in [0.1, 0.15) is 31.7 Å². The van der Waals surface area contributed by atoms with E-state index in [9.17, 15) is 8.42 Å². The summed E-state index contributed by atoms with van der Waals surface area (Å²) in [5.74, 6) is 6.03. The number of rotatable bonds is 5. The minimum absolute atomic E-state index is 0.00380. The van der Waals surface area contributed by atoms with Crippen LogP contribution in [0.3, 0.4) is 0 Å². The molecule has 0 spiro atoms. The van der Waals surface area contributed by atoms with Gasteiger partial charge in [0, 0.05) is 18.0 Å². The lowest BCUT2D eigenvalue weighted by Crippen LogP contribution is -2.34. The summed E-state index contributed by atoms with van der Waals surface area (Å²) in [6.07, 6.45) is 2.51. The molecule has 6 heteroatoms. The van der Waals surface area contributed by atoms with Crippen LogP contribution < -0.4 is 4.72 Å². The molecule has 0 aliphatic heterocycles. The van der Waals surface area contributed by atoms with Gasteiger partial charge in [-0.25, -0.2) is 13.1 Å². The van der Waals surface area contributed by atoms with Crippen LogP contribution in [0.2, 0.25) is 5.02 Å². The molecule has 1 saturated carbocycles. The van der Waals surface area contributed by atoms with Gasteiger partial charge in [0.1, 0.15) is 4.90 Å². The summed E-state index contributed by atoms with van der Waals surface area (Å²) >= 11 is 6.07. The Morgan fingerprint density at radius 2 is 2.19 bits per heavy atom. The van der Waals surface area contributed by atoms with E-state index in [-0.39, 0.29) is 22.6 Å². The van der Waals surface area contributed by atoms with Crippen molar-refractivity contribution in [2.45, 2.75) is 37.1 Å². The van der Waals surface area contributed by atoms with Crippen molar-refractivity contribution in [2.24, 2.45) is 5.92 Å². The Morgan fingerprint density at radius 3 is 2.76 bits per heavy atom. The Morgan fingerprint density at radius 1 is 1.48 bits per heavy atom. The van der Waals surface area contributed by atoms with Crippen LogP contribution in [-0.4, -0.2) is 26.2 Å². The third-order valence-electron chi connectivity index (χ3n) is 3.36. The van der Waals surface area contributed by atoms with E-state index < -0.39 is 10.0 Å². The average Bonchev–Trinajstić information content (AvgIpc) is 3.22. The first-order chi connectivity index (χ1) is 9.94. The van der Waals surface area contributed by atoms with Crippen LogP contribution in [0.25, 0.3) is 0 Å². The van der Waals surface area contributed by atoms with Crippen molar-refractivity contribution in [2.75, 3.05) is 6.61 Å². The zero-order valence-electron chi connectivity index (χ0n) is 11.8. The van der Waals surface area contributed by atoms with Gasteiger partial charge >= 0.3 is 0 Å². The van der Waals surface area contributed by atoms with Crippen LogP contribution in [0.15, 0.2) is 23.1 Å². The zero-order chi connectivity index (χ0) is 15.5. The second-order valence-corrected chi connectivity index (χ2v) is 7.26. The number of sulfonamides is 1. The maximum absolute atomic E-state index is 12.3. The molecule has 0 saturated heterocycles. The lowest BCUT2D eigenvalue weighted by atomic mass is 10.2. The van der Waals surface area contributed by atoms with E-state index >= 15 is 0 Å². The highest BCUT2D eigenvalue weighted by Gasteiger charge is 2.31. The summed E-state index contributed by atoms with van der Waals surface area (Å²) in [6, 6.07) is 4.54. The van der Waals surface area contributed by atoms with E-state index in [1.807, 2.05) is 6.92 Å². The van der Waals surface area contributed by atoms with E-state index in [1.165, 1.54) is 12.1 Å². The van der Waals surface area contributed by atoms with Crippen molar-refractivity contribution in [3.8, 4) is 11.8 Å². The van der Waals surface area contributed by atoms with Gasteiger partial charge in [-0.05, 0) is 43.9 Å². The van der Waals surface area contributed by atoms with E-state index in [4.69, 9.17) is 16.7 Å². The van der Waals surface area contributed by atoms with E-state index in [0.29, 0.717) is 17.9 Å². The molecule has 1 atom stereocenters. The molecule has 1 unspecified atom stereocenters. The lowest BCUT2D eigenvalue weighted by molar-refractivity contribution is 0.305. The maximum atomic E-state index is 12.3. The Hall–Kier alpha value is -1.06. The van der Waals surface area contributed by atoms with Gasteiger partial charge in [-0.15, -0.1) is 0 Å². The first-order valence-corrected chi connectivity index (χ1v) is 8.72. The summed E-state index contributed by atoms with van der Waals surface area (Å²) in [7, 11) is -3.61. The number of hydrogen-bond acceptors (Lipinski definition) is 3. The summed E-state index contributed by atoms with van der Waals surface area (Å²) in [5.41, 5.74) is 0.627. The van der Waals surface area contributed by atoms with Crippen molar-refractivity contribution in [1.29, 1.82) is 0 Å². The number of aliphatic hydroxyl groups is 1. The monoisotopic (exact) mass is 327 g/mol. The van der Waals surface area contributed by atoms with Crippen LogP contribution in [0.5, 0.6) is 0 Å². The first-order valence-electron chi connectivity index (χ1n) is 6.85. The third-order valence-corrected chi connectivity index (χ3v) is 5.40. The number of nitrogens with one attached hydrogen (secondary N) is 1. The van der Waals surface area contributed by atoms with Gasteiger partial charge in [-0.3, -0.25) is 0 Å². The van der Waals surface area contributed by atoms with E-state index in [0.717, 1.165) is 12.8 Å². The molecule has 0 bridgehead atoms. The summed E-state index contributed by atoms with van der Waals surface area (Å²) in [5, 5.41) is 8.82. The number of halogens is 1. The topological polar surface area (TPSA) is 66.4 Å². The molecule has 1 aliphatic carbocycles. The highest BCUT2D eigenvalue weighted by molar-refractivity contribution is 7.89. The molecule has 1 fully saturated rings. The number of hydrogen-bond donors (Lipinski definition) is 2. The average molecular weight is 328 g/mol. The minimum Gasteiger partial charge on any atom is -0.395 e. The molecule has 1 aromatic carbocycles. The molecule has 114 valence electrons. The Kier molecular flexibility index (Phi) is 5.28. The molecule has 0 aromatic heterocycles. The standard InChI is InChI=1S/C15H18ClNO3S/c1-11(13-6-7-13)17-21(19,20)15-8-5-12(10-14(15)16)4-2-3-9-18/h5,8,10-11,13,17-18H,3,6-7,9H2,1H3. The molecule has 21 heavy (non-hydrogen) atoms. The minimum atomic E-state index is -3.61. The molecule has 2 N–H and O–H groups in total. The van der Waals surface area contributed by atoms with E-state index in [1.54, 1.807) is 6.07 Å². The molecular formula is C15H18ClNO3S. The van der Waals surface area contributed by atoms with Gasteiger partial charge in [-0.2, -0.15) is 0 Å². The van der Waals surface area contributed by atoms with Gasteiger partial charge in [0.25, 0.3) is 0 Å². The molecule has 1 aliphatic rings. The predicted octanol–water partition coefficient (Wildman–Crippen LogP) is 2.15. The van der Waals surface area contributed by atoms with Crippen molar-refractivity contribution in [3.05, 3.63) is 28.8 Å². The fourth-order valence-electron chi connectivity index (χ4n) is 2.02. The lowest BCUT2D eigenvalue weighted by Gasteiger charge is -2.14. The summed E-state index contributed by atoms with van der Waals surface area (Å²) in [6.45, 7) is 1.87. The maximum Gasteiger partial charge on any atom is 0.242 e. The third kappa shape index (κ3) is 4.45. The molecular weight excluding hydrogens is 310 g/mol. The molecule has 0 amide bonds. The summed E-state index contributed by atoms with van der Waals surface area (Å²) in [4.78, 5) is 0.0735.